The lowest BCUT2D eigenvalue weighted by molar-refractivity contribution is -0.123. The molecule has 4 rings (SSSR count). The average molecular weight is 476 g/mol. The highest BCUT2D eigenvalue weighted by Crippen LogP contribution is 2.48. The Hall–Kier alpha value is -2.71. The van der Waals surface area contributed by atoms with Gasteiger partial charge in [0.25, 0.3) is 0 Å². The van der Waals surface area contributed by atoms with E-state index in [1.54, 1.807) is 43.3 Å². The van der Waals surface area contributed by atoms with E-state index in [4.69, 9.17) is 39.4 Å². The number of benzene rings is 2. The van der Waals surface area contributed by atoms with E-state index in [0.717, 1.165) is 6.07 Å². The van der Waals surface area contributed by atoms with E-state index in [1.165, 1.54) is 6.07 Å². The van der Waals surface area contributed by atoms with Gasteiger partial charge in [0.05, 0.1) is 15.7 Å². The van der Waals surface area contributed by atoms with Gasteiger partial charge in [0.15, 0.2) is 0 Å². The van der Waals surface area contributed by atoms with E-state index in [1.807, 2.05) is 0 Å². The van der Waals surface area contributed by atoms with Crippen molar-refractivity contribution in [2.45, 2.75) is 17.9 Å². The Bertz CT molecular complexity index is 1220. The standard InChI is InChI=1S/C23H20Cl2FN3O3/c1-22(21(28)30)11-32-20-14(22)9-16(23(31,10-27)12-5-3-2-4-6-12)29-19(20)13-7-8-15(26)18(25)17(13)24/h2-9,31H,10-11,27H2,1H3,(H2,28,30)/t22-,23+/m0/s1. The van der Waals surface area contributed by atoms with Gasteiger partial charge in [-0.25, -0.2) is 9.37 Å². The third-order valence-electron chi connectivity index (χ3n) is 5.88. The third-order valence-corrected chi connectivity index (χ3v) is 6.74. The summed E-state index contributed by atoms with van der Waals surface area (Å²) >= 11 is 12.4. The number of hydrogen-bond donors (Lipinski definition) is 3. The van der Waals surface area contributed by atoms with E-state index in [-0.39, 0.29) is 45.9 Å². The topological polar surface area (TPSA) is 111 Å². The van der Waals surface area contributed by atoms with E-state index in [9.17, 15) is 14.3 Å². The number of nitrogens with two attached hydrogens (primary N) is 2. The fraction of sp³-hybridized carbons (Fsp3) is 0.217. The summed E-state index contributed by atoms with van der Waals surface area (Å²) in [5, 5.41) is 11.2. The molecule has 0 bridgehead atoms. The van der Waals surface area contributed by atoms with Crippen molar-refractivity contribution in [3.63, 3.8) is 0 Å². The number of nitrogens with zero attached hydrogens (tertiary/aromatic N) is 1. The first-order valence-corrected chi connectivity index (χ1v) is 10.5. The molecule has 0 saturated heterocycles. The second-order valence-electron chi connectivity index (χ2n) is 7.87. The van der Waals surface area contributed by atoms with Crippen LogP contribution in [0.3, 0.4) is 0 Å². The van der Waals surface area contributed by atoms with E-state index in [0.29, 0.717) is 11.1 Å². The highest BCUT2D eigenvalue weighted by molar-refractivity contribution is 6.43. The molecule has 5 N–H and O–H groups in total. The highest BCUT2D eigenvalue weighted by atomic mass is 35.5. The first kappa shape index (κ1) is 22.5. The zero-order chi connectivity index (χ0) is 23.3. The maximum absolute atomic E-state index is 13.9. The molecule has 0 fully saturated rings. The Morgan fingerprint density at radius 2 is 1.94 bits per heavy atom. The summed E-state index contributed by atoms with van der Waals surface area (Å²) in [6.45, 7) is 1.40. The van der Waals surface area contributed by atoms with Crippen LogP contribution in [-0.2, 0) is 15.8 Å². The smallest absolute Gasteiger partial charge is 0.231 e. The predicted octanol–water partition coefficient (Wildman–Crippen LogP) is 3.52. The monoisotopic (exact) mass is 475 g/mol. The fourth-order valence-corrected chi connectivity index (χ4v) is 4.18. The van der Waals surface area contributed by atoms with Crippen LogP contribution in [0, 0.1) is 5.82 Å². The molecule has 1 aliphatic heterocycles. The van der Waals surface area contributed by atoms with Gasteiger partial charge in [0, 0.05) is 17.7 Å². The fourth-order valence-electron chi connectivity index (χ4n) is 3.77. The molecule has 9 heteroatoms. The lowest BCUT2D eigenvalue weighted by Gasteiger charge is -2.29. The van der Waals surface area contributed by atoms with Gasteiger partial charge in [-0.15, -0.1) is 0 Å². The summed E-state index contributed by atoms with van der Waals surface area (Å²) in [6.07, 6.45) is 0. The Labute approximate surface area is 193 Å². The SMILES string of the molecule is C[C@]1(C(N)=O)COc2c1cc([C@@](O)(CN)c1ccccc1)nc2-c1ccc(F)c(Cl)c1Cl. The van der Waals surface area contributed by atoms with Crippen LogP contribution in [0.4, 0.5) is 4.39 Å². The molecular weight excluding hydrogens is 456 g/mol. The Morgan fingerprint density at radius 3 is 2.56 bits per heavy atom. The summed E-state index contributed by atoms with van der Waals surface area (Å²) in [7, 11) is 0. The Morgan fingerprint density at radius 1 is 1.25 bits per heavy atom. The quantitative estimate of drug-likeness (QED) is 0.488. The predicted molar refractivity (Wildman–Crippen MR) is 120 cm³/mol. The van der Waals surface area contributed by atoms with Crippen LogP contribution in [-0.4, -0.2) is 29.1 Å². The van der Waals surface area contributed by atoms with E-state index >= 15 is 0 Å². The minimum absolute atomic E-state index is 0.0330. The third kappa shape index (κ3) is 3.33. The van der Waals surface area contributed by atoms with Crippen molar-refractivity contribution in [3.05, 3.63) is 81.2 Å². The zero-order valence-corrected chi connectivity index (χ0v) is 18.5. The summed E-state index contributed by atoms with van der Waals surface area (Å²) in [5.74, 6) is -1.05. The van der Waals surface area contributed by atoms with Crippen molar-refractivity contribution in [2.75, 3.05) is 13.2 Å². The van der Waals surface area contributed by atoms with Crippen molar-refractivity contribution in [2.24, 2.45) is 11.5 Å². The highest BCUT2D eigenvalue weighted by Gasteiger charge is 2.45. The number of aromatic nitrogens is 1. The number of amides is 1. The minimum Gasteiger partial charge on any atom is -0.489 e. The molecule has 2 aromatic carbocycles. The van der Waals surface area contributed by atoms with Crippen molar-refractivity contribution >= 4 is 29.1 Å². The first-order chi connectivity index (χ1) is 15.1. The van der Waals surface area contributed by atoms with Gasteiger partial charge in [0.2, 0.25) is 5.91 Å². The molecule has 1 aliphatic rings. The molecule has 0 aliphatic carbocycles. The van der Waals surface area contributed by atoms with Gasteiger partial charge in [-0.1, -0.05) is 53.5 Å². The van der Waals surface area contributed by atoms with Crippen LogP contribution in [0.25, 0.3) is 11.3 Å². The lowest BCUT2D eigenvalue weighted by atomic mass is 9.81. The van der Waals surface area contributed by atoms with Gasteiger partial charge in [-0.3, -0.25) is 4.79 Å². The average Bonchev–Trinajstić information content (AvgIpc) is 3.15. The van der Waals surface area contributed by atoms with E-state index in [2.05, 4.69) is 4.98 Å². The second kappa shape index (κ2) is 8.01. The van der Waals surface area contributed by atoms with E-state index < -0.39 is 22.7 Å². The maximum Gasteiger partial charge on any atom is 0.231 e. The number of fused-ring (bicyclic) bond motifs is 1. The Kier molecular flexibility index (Phi) is 5.63. The number of primary amides is 1. The number of halogens is 3. The van der Waals surface area contributed by atoms with Gasteiger partial charge in [-0.05, 0) is 30.7 Å². The number of carbonyl (C=O) groups is 1. The van der Waals surface area contributed by atoms with Crippen LogP contribution in [0.5, 0.6) is 5.75 Å². The van der Waals surface area contributed by atoms with Crippen molar-refractivity contribution in [3.8, 4) is 17.0 Å². The molecule has 1 aromatic heterocycles. The molecule has 2 atom stereocenters. The summed E-state index contributed by atoms with van der Waals surface area (Å²) < 4.78 is 19.8. The molecule has 0 radical (unpaired) electrons. The van der Waals surface area contributed by atoms with Crippen LogP contribution >= 0.6 is 23.2 Å². The summed E-state index contributed by atoms with van der Waals surface area (Å²) in [4.78, 5) is 17.0. The molecule has 32 heavy (non-hydrogen) atoms. The first-order valence-electron chi connectivity index (χ1n) is 9.74. The normalized spacial score (nSPS) is 19.2. The lowest BCUT2D eigenvalue weighted by Crippen LogP contribution is -2.41. The molecule has 0 unspecified atom stereocenters. The Balaban J connectivity index is 2.05. The molecule has 166 valence electrons. The van der Waals surface area contributed by atoms with Gasteiger partial charge in [-0.2, -0.15) is 0 Å². The number of carbonyl (C=O) groups excluding carboxylic acids is 1. The van der Waals surface area contributed by atoms with Gasteiger partial charge in [0.1, 0.15) is 34.9 Å². The van der Waals surface area contributed by atoms with Gasteiger partial charge >= 0.3 is 0 Å². The molecule has 2 heterocycles. The summed E-state index contributed by atoms with van der Waals surface area (Å²) in [5.41, 5.74) is 10.4. The van der Waals surface area contributed by atoms with Crippen molar-refractivity contribution in [1.82, 2.24) is 4.98 Å². The molecule has 0 saturated carbocycles. The number of ether oxygens (including phenoxy) is 1. The van der Waals surface area contributed by atoms with Crippen molar-refractivity contribution < 1.29 is 19.0 Å². The van der Waals surface area contributed by atoms with Crippen LogP contribution in [0.2, 0.25) is 10.0 Å². The van der Waals surface area contributed by atoms with Gasteiger partial charge < -0.3 is 21.3 Å². The molecule has 3 aromatic rings. The summed E-state index contributed by atoms with van der Waals surface area (Å²) in [6, 6.07) is 12.9. The molecule has 0 spiro atoms. The number of pyridine rings is 1. The molecular formula is C23H20Cl2FN3O3. The maximum atomic E-state index is 13.9. The molecule has 1 amide bonds. The largest absolute Gasteiger partial charge is 0.489 e. The van der Waals surface area contributed by atoms with Crippen LogP contribution < -0.4 is 16.2 Å². The zero-order valence-electron chi connectivity index (χ0n) is 17.0. The molecule has 6 nitrogen and oxygen atoms in total. The van der Waals surface area contributed by atoms with Crippen LogP contribution in [0.1, 0.15) is 23.7 Å². The van der Waals surface area contributed by atoms with Crippen LogP contribution in [0.15, 0.2) is 48.5 Å². The second-order valence-corrected chi connectivity index (χ2v) is 8.63. The van der Waals surface area contributed by atoms with Crippen molar-refractivity contribution in [1.29, 1.82) is 0 Å². The number of hydrogen-bond acceptors (Lipinski definition) is 5. The minimum atomic E-state index is -1.69. The number of rotatable bonds is 5. The number of aliphatic hydroxyl groups is 1.